The summed E-state index contributed by atoms with van der Waals surface area (Å²) >= 11 is 0. The van der Waals surface area contributed by atoms with Crippen molar-refractivity contribution < 1.29 is 9.59 Å². The number of carbonyl (C=O) groups is 2. The molecule has 4 heteroatoms. The van der Waals surface area contributed by atoms with E-state index in [1.807, 2.05) is 52.0 Å². The molecule has 98 valence electrons. The van der Waals surface area contributed by atoms with Crippen LogP contribution >= 0.6 is 0 Å². The smallest absolute Gasteiger partial charge is 0.207 e. The highest BCUT2D eigenvalue weighted by Gasteiger charge is 2.24. The summed E-state index contributed by atoms with van der Waals surface area (Å²) in [5, 5.41) is 5.56. The van der Waals surface area contributed by atoms with Crippen molar-refractivity contribution in [2.75, 3.05) is 0 Å². The predicted molar refractivity (Wildman–Crippen MR) is 70.9 cm³/mol. The van der Waals surface area contributed by atoms with Crippen molar-refractivity contribution in [3.63, 3.8) is 0 Å². The molecular formula is C14H20N2O2. The Balaban J connectivity index is 3.13. The number of benzene rings is 1. The van der Waals surface area contributed by atoms with Gasteiger partial charge in [-0.05, 0) is 38.8 Å². The molecule has 18 heavy (non-hydrogen) atoms. The second-order valence-electron chi connectivity index (χ2n) is 5.36. The van der Waals surface area contributed by atoms with Gasteiger partial charge in [-0.3, -0.25) is 9.59 Å². The Kier molecular flexibility index (Phi) is 4.11. The molecule has 0 saturated carbocycles. The van der Waals surface area contributed by atoms with E-state index >= 15 is 0 Å². The van der Waals surface area contributed by atoms with E-state index in [9.17, 15) is 9.59 Å². The van der Waals surface area contributed by atoms with Crippen molar-refractivity contribution >= 4 is 12.8 Å². The van der Waals surface area contributed by atoms with Gasteiger partial charge < -0.3 is 10.6 Å². The minimum Gasteiger partial charge on any atom is -0.350 e. The number of nitrogens with one attached hydrogen (secondary N) is 2. The van der Waals surface area contributed by atoms with Gasteiger partial charge >= 0.3 is 0 Å². The van der Waals surface area contributed by atoms with Crippen LogP contribution < -0.4 is 10.6 Å². The number of carbonyl (C=O) groups excluding carboxylic acids is 2. The number of rotatable bonds is 6. The molecular weight excluding hydrogens is 228 g/mol. The second-order valence-corrected chi connectivity index (χ2v) is 5.36. The van der Waals surface area contributed by atoms with Gasteiger partial charge in [-0.25, -0.2) is 0 Å². The Morgan fingerprint density at radius 2 is 1.28 bits per heavy atom. The van der Waals surface area contributed by atoms with Crippen molar-refractivity contribution in [3.05, 3.63) is 35.4 Å². The van der Waals surface area contributed by atoms with Crippen LogP contribution in [-0.4, -0.2) is 12.8 Å². The first-order chi connectivity index (χ1) is 8.33. The zero-order valence-corrected chi connectivity index (χ0v) is 11.3. The van der Waals surface area contributed by atoms with E-state index in [1.54, 1.807) is 0 Å². The fourth-order valence-electron chi connectivity index (χ4n) is 1.76. The molecule has 4 nitrogen and oxygen atoms in total. The second kappa shape index (κ2) is 5.21. The first-order valence-corrected chi connectivity index (χ1v) is 5.87. The maximum atomic E-state index is 10.6. The summed E-state index contributed by atoms with van der Waals surface area (Å²) in [4.78, 5) is 21.2. The molecule has 0 atom stereocenters. The Bertz CT molecular complexity index is 402. The van der Waals surface area contributed by atoms with Crippen LogP contribution in [0.4, 0.5) is 0 Å². The highest BCUT2D eigenvalue weighted by atomic mass is 16.1. The molecule has 2 amide bonds. The molecule has 1 rings (SSSR count). The molecule has 0 aliphatic carbocycles. The van der Waals surface area contributed by atoms with Gasteiger partial charge in [-0.2, -0.15) is 0 Å². The van der Waals surface area contributed by atoms with Crippen molar-refractivity contribution in [2.45, 2.75) is 38.8 Å². The van der Waals surface area contributed by atoms with Gasteiger partial charge in [0.1, 0.15) is 0 Å². The summed E-state index contributed by atoms with van der Waals surface area (Å²) in [5.74, 6) is 0. The fourth-order valence-corrected chi connectivity index (χ4v) is 1.76. The summed E-state index contributed by atoms with van der Waals surface area (Å²) in [6.45, 7) is 7.72. The van der Waals surface area contributed by atoms with Crippen LogP contribution in [-0.2, 0) is 20.7 Å². The van der Waals surface area contributed by atoms with Crippen molar-refractivity contribution in [2.24, 2.45) is 0 Å². The molecule has 0 aromatic heterocycles. The average Bonchev–Trinajstić information content (AvgIpc) is 2.29. The number of amides is 2. The van der Waals surface area contributed by atoms with Gasteiger partial charge in [-0.1, -0.05) is 24.3 Å². The van der Waals surface area contributed by atoms with E-state index in [-0.39, 0.29) is 0 Å². The number of hydrogen-bond donors (Lipinski definition) is 2. The van der Waals surface area contributed by atoms with Crippen LogP contribution in [0.2, 0.25) is 0 Å². The lowest BCUT2D eigenvalue weighted by molar-refractivity contribution is -0.111. The van der Waals surface area contributed by atoms with Crippen LogP contribution in [0.3, 0.4) is 0 Å². The lowest BCUT2D eigenvalue weighted by Gasteiger charge is -2.29. The van der Waals surface area contributed by atoms with Gasteiger partial charge in [0.05, 0.1) is 11.1 Å². The third-order valence-electron chi connectivity index (χ3n) is 3.15. The molecule has 0 fully saturated rings. The first-order valence-electron chi connectivity index (χ1n) is 5.87. The SMILES string of the molecule is CC(C)(NC=O)c1cccc(C(C)(C)NC=O)c1. The van der Waals surface area contributed by atoms with Crippen molar-refractivity contribution in [3.8, 4) is 0 Å². The van der Waals surface area contributed by atoms with Gasteiger partial charge in [0.15, 0.2) is 0 Å². The summed E-state index contributed by atoms with van der Waals surface area (Å²) in [5.41, 5.74) is 1.12. The molecule has 0 aliphatic rings. The fraction of sp³-hybridized carbons (Fsp3) is 0.429. The molecule has 0 unspecified atom stereocenters. The number of hydrogen-bond acceptors (Lipinski definition) is 2. The maximum Gasteiger partial charge on any atom is 0.207 e. The van der Waals surface area contributed by atoms with Crippen LogP contribution in [0.25, 0.3) is 0 Å². The van der Waals surface area contributed by atoms with Crippen molar-refractivity contribution in [1.82, 2.24) is 10.6 Å². The molecule has 0 radical (unpaired) electrons. The largest absolute Gasteiger partial charge is 0.350 e. The van der Waals surface area contributed by atoms with E-state index in [4.69, 9.17) is 0 Å². The van der Waals surface area contributed by atoms with Crippen LogP contribution in [0.1, 0.15) is 38.8 Å². The van der Waals surface area contributed by atoms with E-state index in [0.717, 1.165) is 11.1 Å². The van der Waals surface area contributed by atoms with Gasteiger partial charge in [0.25, 0.3) is 0 Å². The molecule has 0 saturated heterocycles. The van der Waals surface area contributed by atoms with E-state index in [1.165, 1.54) is 0 Å². The van der Waals surface area contributed by atoms with Crippen LogP contribution in [0.15, 0.2) is 24.3 Å². The topological polar surface area (TPSA) is 58.2 Å². The molecule has 0 aliphatic heterocycles. The van der Waals surface area contributed by atoms with Gasteiger partial charge in [0, 0.05) is 0 Å². The molecule has 0 heterocycles. The van der Waals surface area contributed by atoms with Gasteiger partial charge in [-0.15, -0.1) is 0 Å². The zero-order valence-electron chi connectivity index (χ0n) is 11.3. The standard InChI is InChI=1S/C14H20N2O2/c1-13(2,15-9-17)11-6-5-7-12(8-11)14(3,4)16-10-18/h5-10H,1-4H3,(H,15,17)(H,16,18). The lowest BCUT2D eigenvalue weighted by Crippen LogP contribution is -2.38. The molecule has 2 N–H and O–H groups in total. The summed E-state index contributed by atoms with van der Waals surface area (Å²) in [7, 11) is 0. The highest BCUT2D eigenvalue weighted by molar-refractivity contribution is 5.51. The molecule has 1 aromatic rings. The third kappa shape index (κ3) is 3.09. The molecule has 0 bridgehead atoms. The maximum absolute atomic E-state index is 10.6. The Morgan fingerprint density at radius 3 is 1.61 bits per heavy atom. The summed E-state index contributed by atoms with van der Waals surface area (Å²) < 4.78 is 0. The first kappa shape index (κ1) is 14.2. The predicted octanol–water partition coefficient (Wildman–Crippen LogP) is 1.65. The monoisotopic (exact) mass is 248 g/mol. The zero-order chi connectivity index (χ0) is 13.8. The summed E-state index contributed by atoms with van der Waals surface area (Å²) in [6, 6.07) is 7.83. The highest BCUT2D eigenvalue weighted by Crippen LogP contribution is 2.25. The van der Waals surface area contributed by atoms with E-state index in [0.29, 0.717) is 12.8 Å². The quantitative estimate of drug-likeness (QED) is 0.752. The van der Waals surface area contributed by atoms with Crippen LogP contribution in [0, 0.1) is 0 Å². The van der Waals surface area contributed by atoms with Crippen LogP contribution in [0.5, 0.6) is 0 Å². The minimum absolute atomic E-state index is 0.435. The van der Waals surface area contributed by atoms with E-state index < -0.39 is 11.1 Å². The van der Waals surface area contributed by atoms with Crippen molar-refractivity contribution in [1.29, 1.82) is 0 Å². The summed E-state index contributed by atoms with van der Waals surface area (Å²) in [6.07, 6.45) is 1.39. The normalized spacial score (nSPS) is 11.8. The van der Waals surface area contributed by atoms with Gasteiger partial charge in [0.2, 0.25) is 12.8 Å². The Labute approximate surface area is 108 Å². The molecule has 0 spiro atoms. The Morgan fingerprint density at radius 1 is 0.889 bits per heavy atom. The third-order valence-corrected chi connectivity index (χ3v) is 3.15. The average molecular weight is 248 g/mol. The minimum atomic E-state index is -0.435. The Hall–Kier alpha value is -1.84. The van der Waals surface area contributed by atoms with E-state index in [2.05, 4.69) is 10.6 Å². The molecule has 1 aromatic carbocycles. The lowest BCUT2D eigenvalue weighted by atomic mass is 9.87.